The molecule has 1 radical (unpaired) electrons. The van der Waals surface area contributed by atoms with Gasteiger partial charge in [0, 0.05) is 28.6 Å². The van der Waals surface area contributed by atoms with Crippen molar-refractivity contribution >= 4 is 33.4 Å². The summed E-state index contributed by atoms with van der Waals surface area (Å²) in [5, 5.41) is 10.9. The molecule has 2 unspecified atom stereocenters. The number of aryl methyl sites for hydroxylation is 1. The van der Waals surface area contributed by atoms with Gasteiger partial charge in [0.25, 0.3) is 0 Å². The molecule has 1 aromatic heterocycles. The van der Waals surface area contributed by atoms with E-state index in [4.69, 9.17) is 31.8 Å². The highest BCUT2D eigenvalue weighted by Crippen LogP contribution is 2.44. The SMILES string of the molecule is COc1ccc(C(Cc2nc(C)c(C)n2Cc2cc(Br)ccc2O)C(C)CCC([NH])=O)c(Cl)c1OC. The van der Waals surface area contributed by atoms with Crippen LogP contribution in [-0.2, 0) is 17.8 Å². The number of phenolic OH excluding ortho intramolecular Hbond substituents is 1. The van der Waals surface area contributed by atoms with Gasteiger partial charge >= 0.3 is 0 Å². The summed E-state index contributed by atoms with van der Waals surface area (Å²) in [6.45, 7) is 6.51. The maximum Gasteiger partial charge on any atom is 0.238 e. The molecule has 7 nitrogen and oxygen atoms in total. The number of benzene rings is 2. The molecule has 193 valence electrons. The van der Waals surface area contributed by atoms with Crippen molar-refractivity contribution < 1.29 is 19.4 Å². The van der Waals surface area contributed by atoms with Gasteiger partial charge in [0.05, 0.1) is 31.5 Å². The van der Waals surface area contributed by atoms with Gasteiger partial charge in [-0.3, -0.25) is 10.5 Å². The Labute approximate surface area is 225 Å². The van der Waals surface area contributed by atoms with Gasteiger partial charge in [0.2, 0.25) is 5.91 Å². The molecule has 0 fully saturated rings. The van der Waals surface area contributed by atoms with E-state index in [1.54, 1.807) is 26.4 Å². The first-order chi connectivity index (χ1) is 17.1. The molecule has 1 amide bonds. The van der Waals surface area contributed by atoms with Gasteiger partial charge in [0.15, 0.2) is 11.5 Å². The Morgan fingerprint density at radius 1 is 1.22 bits per heavy atom. The Balaban J connectivity index is 2.07. The third-order valence-corrected chi connectivity index (χ3v) is 7.62. The molecule has 2 atom stereocenters. The first-order valence-corrected chi connectivity index (χ1v) is 12.9. The lowest BCUT2D eigenvalue weighted by atomic mass is 9.81. The van der Waals surface area contributed by atoms with Crippen LogP contribution in [0.4, 0.5) is 0 Å². The molecule has 0 aliphatic rings. The van der Waals surface area contributed by atoms with E-state index in [0.29, 0.717) is 35.9 Å². The largest absolute Gasteiger partial charge is 0.508 e. The fourth-order valence-electron chi connectivity index (χ4n) is 4.51. The number of hydrogen-bond acceptors (Lipinski definition) is 5. The van der Waals surface area contributed by atoms with E-state index in [-0.39, 0.29) is 24.0 Å². The van der Waals surface area contributed by atoms with Crippen LogP contribution in [0.5, 0.6) is 17.2 Å². The maximum absolute atomic E-state index is 11.4. The fraction of sp³-hybridized carbons (Fsp3) is 0.407. The number of ether oxygens (including phenoxy) is 2. The molecule has 2 N–H and O–H groups in total. The van der Waals surface area contributed by atoms with Crippen LogP contribution in [0.2, 0.25) is 5.02 Å². The van der Waals surface area contributed by atoms with E-state index in [2.05, 4.69) is 27.4 Å². The third kappa shape index (κ3) is 6.16. The van der Waals surface area contributed by atoms with Gasteiger partial charge in [-0.25, -0.2) is 4.98 Å². The summed E-state index contributed by atoms with van der Waals surface area (Å²) in [4.78, 5) is 16.3. The van der Waals surface area contributed by atoms with Gasteiger partial charge < -0.3 is 19.1 Å². The van der Waals surface area contributed by atoms with E-state index in [9.17, 15) is 9.90 Å². The summed E-state index contributed by atoms with van der Waals surface area (Å²) in [6, 6.07) is 9.14. The number of methoxy groups -OCH3 is 2. The van der Waals surface area contributed by atoms with Crippen LogP contribution in [0, 0.1) is 19.8 Å². The van der Waals surface area contributed by atoms with Gasteiger partial charge in [-0.05, 0) is 61.9 Å². The Kier molecular flexibility index (Phi) is 9.30. The molecule has 1 heterocycles. The summed E-state index contributed by atoms with van der Waals surface area (Å²) in [5.41, 5.74) is 10.9. The zero-order valence-corrected chi connectivity index (χ0v) is 23.5. The minimum Gasteiger partial charge on any atom is -0.508 e. The molecule has 2 aromatic carbocycles. The van der Waals surface area contributed by atoms with Crippen LogP contribution in [0.15, 0.2) is 34.8 Å². The van der Waals surface area contributed by atoms with Gasteiger partial charge in [-0.1, -0.05) is 40.5 Å². The van der Waals surface area contributed by atoms with Crippen LogP contribution in [0.3, 0.4) is 0 Å². The Morgan fingerprint density at radius 3 is 2.58 bits per heavy atom. The highest BCUT2D eigenvalue weighted by Gasteiger charge is 2.28. The maximum atomic E-state index is 11.4. The zero-order valence-electron chi connectivity index (χ0n) is 21.2. The molecule has 9 heteroatoms. The van der Waals surface area contributed by atoms with Crippen molar-refractivity contribution in [3.05, 3.63) is 68.2 Å². The normalized spacial score (nSPS) is 12.9. The standard InChI is InChI=1S/C27H32BrClN3O4/c1-15(6-11-24(30)34)21(20-8-10-23(35-4)27(36-5)26(20)29)13-25-31-16(2)17(3)32(25)14-18-12-19(28)7-9-22(18)33/h7-10,12,15,21,30,33H,6,11,13-14H2,1-5H3. The van der Waals surface area contributed by atoms with E-state index >= 15 is 0 Å². The minimum atomic E-state index is -0.586. The number of rotatable bonds is 11. The van der Waals surface area contributed by atoms with Crippen LogP contribution >= 0.6 is 27.5 Å². The van der Waals surface area contributed by atoms with Gasteiger partial charge in [-0.2, -0.15) is 0 Å². The Morgan fingerprint density at radius 2 is 1.94 bits per heavy atom. The average Bonchev–Trinajstić information content (AvgIpc) is 3.10. The zero-order chi connectivity index (χ0) is 26.6. The van der Waals surface area contributed by atoms with E-state index in [0.717, 1.165) is 32.8 Å². The number of nitrogens with zero attached hydrogens (tertiary/aromatic N) is 2. The van der Waals surface area contributed by atoms with Crippen molar-refractivity contribution in [3.8, 4) is 17.2 Å². The molecule has 0 bridgehead atoms. The lowest BCUT2D eigenvalue weighted by Crippen LogP contribution is -2.18. The molecule has 0 aliphatic carbocycles. The van der Waals surface area contributed by atoms with Gasteiger partial charge in [0.1, 0.15) is 11.6 Å². The predicted octanol–water partition coefficient (Wildman–Crippen LogP) is 6.24. The minimum absolute atomic E-state index is 0.0277. The second-order valence-corrected chi connectivity index (χ2v) is 10.3. The topological polar surface area (TPSA) is 97.4 Å². The number of nitrogens with one attached hydrogen (secondary N) is 1. The lowest BCUT2D eigenvalue weighted by Gasteiger charge is -2.27. The molecule has 0 spiro atoms. The number of aromatic hydroxyl groups is 1. The van der Waals surface area contributed by atoms with Crippen molar-refractivity contribution in [2.45, 2.75) is 52.5 Å². The smallest absolute Gasteiger partial charge is 0.238 e. The summed E-state index contributed by atoms with van der Waals surface area (Å²) < 4.78 is 14.0. The Bertz CT molecular complexity index is 1240. The summed E-state index contributed by atoms with van der Waals surface area (Å²) >= 11 is 10.3. The number of halogens is 2. The van der Waals surface area contributed by atoms with Crippen LogP contribution < -0.4 is 15.2 Å². The number of imidazole rings is 1. The number of hydrogen-bond donors (Lipinski definition) is 1. The summed E-state index contributed by atoms with van der Waals surface area (Å²) in [6.07, 6.45) is 1.26. The molecule has 3 aromatic rings. The first kappa shape index (κ1) is 27.9. The average molecular weight is 578 g/mol. The quantitative estimate of drug-likeness (QED) is 0.291. The second kappa shape index (κ2) is 12.0. The van der Waals surface area contributed by atoms with Crippen LogP contribution in [-0.4, -0.2) is 34.8 Å². The summed E-state index contributed by atoms with van der Waals surface area (Å²) in [7, 11) is 3.11. The van der Waals surface area contributed by atoms with Crippen molar-refractivity contribution in [1.29, 1.82) is 0 Å². The van der Waals surface area contributed by atoms with Crippen molar-refractivity contribution in [2.24, 2.45) is 5.92 Å². The van der Waals surface area contributed by atoms with Crippen molar-refractivity contribution in [1.82, 2.24) is 15.3 Å². The summed E-state index contributed by atoms with van der Waals surface area (Å²) in [5.74, 6) is 1.41. The first-order valence-electron chi connectivity index (χ1n) is 11.7. The molecule has 0 saturated heterocycles. The predicted molar refractivity (Wildman–Crippen MR) is 144 cm³/mol. The lowest BCUT2D eigenvalue weighted by molar-refractivity contribution is -0.118. The van der Waals surface area contributed by atoms with E-state index < -0.39 is 5.91 Å². The fourth-order valence-corrected chi connectivity index (χ4v) is 5.29. The van der Waals surface area contributed by atoms with Crippen LogP contribution in [0.1, 0.15) is 54.0 Å². The highest BCUT2D eigenvalue weighted by molar-refractivity contribution is 9.10. The number of amides is 1. The monoisotopic (exact) mass is 576 g/mol. The Hall–Kier alpha value is -2.71. The molecule has 0 saturated carbocycles. The van der Waals surface area contributed by atoms with E-state index in [1.165, 1.54) is 0 Å². The number of phenols is 1. The number of carbonyl (C=O) groups is 1. The molecular formula is C27H32BrClN3O4. The second-order valence-electron chi connectivity index (χ2n) is 9.01. The molecule has 3 rings (SSSR count). The molecular weight excluding hydrogens is 546 g/mol. The molecule has 36 heavy (non-hydrogen) atoms. The van der Waals surface area contributed by atoms with Crippen molar-refractivity contribution in [2.75, 3.05) is 14.2 Å². The third-order valence-electron chi connectivity index (χ3n) is 6.74. The highest BCUT2D eigenvalue weighted by atomic mass is 79.9. The number of carbonyl (C=O) groups excluding carboxylic acids is 1. The molecule has 0 aliphatic heterocycles. The number of aromatic nitrogens is 2. The van der Waals surface area contributed by atoms with Crippen molar-refractivity contribution in [3.63, 3.8) is 0 Å². The van der Waals surface area contributed by atoms with Crippen LogP contribution in [0.25, 0.3) is 0 Å². The van der Waals surface area contributed by atoms with Gasteiger partial charge in [-0.15, -0.1) is 0 Å². The van der Waals surface area contributed by atoms with E-state index in [1.807, 2.05) is 32.0 Å².